The lowest BCUT2D eigenvalue weighted by Crippen LogP contribution is -1.82. The van der Waals surface area contributed by atoms with E-state index in [0.717, 1.165) is 11.3 Å². The molecule has 0 unspecified atom stereocenters. The van der Waals surface area contributed by atoms with E-state index >= 15 is 0 Å². The molecule has 0 radical (unpaired) electrons. The van der Waals surface area contributed by atoms with Crippen molar-refractivity contribution in [1.29, 1.82) is 0 Å². The van der Waals surface area contributed by atoms with Crippen LogP contribution in [0.1, 0.15) is 5.56 Å². The summed E-state index contributed by atoms with van der Waals surface area (Å²) in [4.78, 5) is 7.74. The highest BCUT2D eigenvalue weighted by molar-refractivity contribution is 6.13. The molecule has 0 aliphatic rings. The first-order chi connectivity index (χ1) is 9.78. The van der Waals surface area contributed by atoms with E-state index in [1.54, 1.807) is 7.11 Å². The predicted molar refractivity (Wildman–Crippen MR) is 82.4 cm³/mol. The van der Waals surface area contributed by atoms with Crippen molar-refractivity contribution in [3.8, 4) is 5.75 Å². The minimum atomic E-state index is 0.877. The summed E-state index contributed by atoms with van der Waals surface area (Å²) in [5, 5.41) is 4.82. The lowest BCUT2D eigenvalue weighted by molar-refractivity contribution is 0.415. The normalized spacial score (nSPS) is 11.5. The monoisotopic (exact) mass is 262 g/mol. The van der Waals surface area contributed by atoms with Crippen LogP contribution in [0.15, 0.2) is 42.7 Å². The summed E-state index contributed by atoms with van der Waals surface area (Å²) < 4.78 is 5.33. The fourth-order valence-corrected chi connectivity index (χ4v) is 2.92. The zero-order valence-corrected chi connectivity index (χ0v) is 11.4. The summed E-state index contributed by atoms with van der Waals surface area (Å²) in [5.41, 5.74) is 3.58. The Morgan fingerprint density at radius 2 is 1.95 bits per heavy atom. The summed E-state index contributed by atoms with van der Waals surface area (Å²) >= 11 is 0. The predicted octanol–water partition coefficient (Wildman–Crippen LogP) is 4.19. The lowest BCUT2D eigenvalue weighted by atomic mass is 10.0. The SMILES string of the molecule is COc1ccc2[nH]c3c(C)c4ccncc4cc3c2c1. The highest BCUT2D eigenvalue weighted by atomic mass is 16.5. The summed E-state index contributed by atoms with van der Waals surface area (Å²) in [6.45, 7) is 2.15. The quantitative estimate of drug-likeness (QED) is 0.558. The van der Waals surface area contributed by atoms with Gasteiger partial charge in [0.1, 0.15) is 5.75 Å². The molecular weight excluding hydrogens is 248 g/mol. The third-order valence-corrected chi connectivity index (χ3v) is 3.98. The van der Waals surface area contributed by atoms with Crippen LogP contribution in [-0.2, 0) is 0 Å². The van der Waals surface area contributed by atoms with E-state index in [-0.39, 0.29) is 0 Å². The molecule has 0 fully saturated rings. The number of nitrogens with one attached hydrogen (secondary N) is 1. The highest BCUT2D eigenvalue weighted by Gasteiger charge is 2.10. The third-order valence-electron chi connectivity index (χ3n) is 3.98. The van der Waals surface area contributed by atoms with Crippen LogP contribution in [0, 0.1) is 6.92 Å². The van der Waals surface area contributed by atoms with Crippen LogP contribution < -0.4 is 4.74 Å². The molecule has 0 saturated carbocycles. The molecule has 0 aliphatic carbocycles. The highest BCUT2D eigenvalue weighted by Crippen LogP contribution is 2.34. The van der Waals surface area contributed by atoms with Gasteiger partial charge in [0.2, 0.25) is 0 Å². The molecule has 20 heavy (non-hydrogen) atoms. The molecule has 0 atom stereocenters. The van der Waals surface area contributed by atoms with Crippen LogP contribution in [0.4, 0.5) is 0 Å². The van der Waals surface area contributed by atoms with Crippen LogP contribution in [0.5, 0.6) is 5.75 Å². The molecule has 0 spiro atoms. The number of hydrogen-bond donors (Lipinski definition) is 1. The van der Waals surface area contributed by atoms with Gasteiger partial charge in [-0.2, -0.15) is 0 Å². The van der Waals surface area contributed by atoms with Crippen LogP contribution >= 0.6 is 0 Å². The molecule has 0 amide bonds. The zero-order chi connectivity index (χ0) is 13.7. The summed E-state index contributed by atoms with van der Waals surface area (Å²) in [5.74, 6) is 0.877. The smallest absolute Gasteiger partial charge is 0.119 e. The van der Waals surface area contributed by atoms with Crippen molar-refractivity contribution in [2.75, 3.05) is 7.11 Å². The van der Waals surface area contributed by atoms with Crippen LogP contribution in [0.2, 0.25) is 0 Å². The van der Waals surface area contributed by atoms with Crippen LogP contribution in [0.25, 0.3) is 32.6 Å². The first-order valence-corrected chi connectivity index (χ1v) is 6.60. The number of fused-ring (bicyclic) bond motifs is 4. The topological polar surface area (TPSA) is 37.9 Å². The van der Waals surface area contributed by atoms with Gasteiger partial charge in [0.05, 0.1) is 12.6 Å². The van der Waals surface area contributed by atoms with Gasteiger partial charge in [-0.1, -0.05) is 0 Å². The van der Waals surface area contributed by atoms with Crippen molar-refractivity contribution in [2.24, 2.45) is 0 Å². The van der Waals surface area contributed by atoms with Gasteiger partial charge in [-0.3, -0.25) is 4.98 Å². The first-order valence-electron chi connectivity index (χ1n) is 6.60. The van der Waals surface area contributed by atoms with Gasteiger partial charge < -0.3 is 9.72 Å². The Bertz CT molecular complexity index is 953. The second-order valence-corrected chi connectivity index (χ2v) is 5.06. The molecule has 2 aromatic carbocycles. The van der Waals surface area contributed by atoms with Gasteiger partial charge in [-0.15, -0.1) is 0 Å². The zero-order valence-electron chi connectivity index (χ0n) is 11.4. The Morgan fingerprint density at radius 3 is 2.80 bits per heavy atom. The van der Waals surface area contributed by atoms with Gasteiger partial charge >= 0.3 is 0 Å². The Kier molecular flexibility index (Phi) is 2.24. The Balaban J connectivity index is 2.23. The molecule has 4 aromatic rings. The van der Waals surface area contributed by atoms with Crippen molar-refractivity contribution in [2.45, 2.75) is 6.92 Å². The molecule has 0 saturated heterocycles. The lowest BCUT2D eigenvalue weighted by Gasteiger charge is -2.03. The fraction of sp³-hybridized carbons (Fsp3) is 0.118. The number of aromatic nitrogens is 2. The van der Waals surface area contributed by atoms with Gasteiger partial charge in [-0.05, 0) is 48.2 Å². The number of nitrogens with zero attached hydrogens (tertiary/aromatic N) is 1. The molecule has 0 bridgehead atoms. The summed E-state index contributed by atoms with van der Waals surface area (Å²) in [6.07, 6.45) is 3.76. The standard InChI is InChI=1S/C17H14N2O/c1-10-13-5-6-18-9-11(13)7-15-14-8-12(20-2)3-4-16(14)19-17(10)15/h3-9,19H,1-2H3. The van der Waals surface area contributed by atoms with E-state index in [1.807, 2.05) is 18.5 Å². The Morgan fingerprint density at radius 1 is 1.05 bits per heavy atom. The first kappa shape index (κ1) is 11.3. The van der Waals surface area contributed by atoms with E-state index in [4.69, 9.17) is 4.74 Å². The van der Waals surface area contributed by atoms with Crippen molar-refractivity contribution >= 4 is 32.6 Å². The Hall–Kier alpha value is -2.55. The van der Waals surface area contributed by atoms with Crippen molar-refractivity contribution in [3.05, 3.63) is 48.3 Å². The minimum Gasteiger partial charge on any atom is -0.497 e. The van der Waals surface area contributed by atoms with Crippen LogP contribution in [0.3, 0.4) is 0 Å². The molecule has 2 aromatic heterocycles. The molecule has 0 aliphatic heterocycles. The van der Waals surface area contributed by atoms with Gasteiger partial charge in [0.15, 0.2) is 0 Å². The van der Waals surface area contributed by atoms with Crippen molar-refractivity contribution < 1.29 is 4.74 Å². The van der Waals surface area contributed by atoms with Gasteiger partial charge in [-0.25, -0.2) is 0 Å². The molecular formula is C17H14N2O. The number of methoxy groups -OCH3 is 1. The number of H-pyrrole nitrogens is 1. The van der Waals surface area contributed by atoms with E-state index in [9.17, 15) is 0 Å². The number of rotatable bonds is 1. The van der Waals surface area contributed by atoms with Crippen LogP contribution in [-0.4, -0.2) is 17.1 Å². The molecule has 2 heterocycles. The summed E-state index contributed by atoms with van der Waals surface area (Å²) in [6, 6.07) is 10.4. The van der Waals surface area contributed by atoms with Gasteiger partial charge in [0.25, 0.3) is 0 Å². The minimum absolute atomic E-state index is 0.877. The second-order valence-electron chi connectivity index (χ2n) is 5.06. The summed E-state index contributed by atoms with van der Waals surface area (Å²) in [7, 11) is 1.70. The Labute approximate surface area is 116 Å². The number of ether oxygens (including phenoxy) is 1. The molecule has 3 nitrogen and oxygen atoms in total. The van der Waals surface area contributed by atoms with E-state index in [1.165, 1.54) is 32.6 Å². The van der Waals surface area contributed by atoms with Crippen molar-refractivity contribution in [3.63, 3.8) is 0 Å². The molecule has 4 rings (SSSR count). The average Bonchev–Trinajstić information content (AvgIpc) is 2.86. The number of aromatic amines is 1. The number of benzene rings is 2. The third kappa shape index (κ3) is 1.43. The average molecular weight is 262 g/mol. The van der Waals surface area contributed by atoms with Gasteiger partial charge in [0, 0.05) is 34.1 Å². The molecule has 98 valence electrons. The number of aryl methyl sites for hydroxylation is 1. The van der Waals surface area contributed by atoms with E-state index < -0.39 is 0 Å². The number of pyridine rings is 1. The maximum Gasteiger partial charge on any atom is 0.119 e. The molecule has 3 heteroatoms. The van der Waals surface area contributed by atoms with Crippen molar-refractivity contribution in [1.82, 2.24) is 9.97 Å². The van der Waals surface area contributed by atoms with E-state index in [2.05, 4.69) is 41.2 Å². The largest absolute Gasteiger partial charge is 0.497 e. The fourth-order valence-electron chi connectivity index (χ4n) is 2.92. The molecule has 1 N–H and O–H groups in total. The maximum absolute atomic E-state index is 5.33. The van der Waals surface area contributed by atoms with E-state index in [0.29, 0.717) is 0 Å². The maximum atomic E-state index is 5.33. The second kappa shape index (κ2) is 3.97. The number of hydrogen-bond acceptors (Lipinski definition) is 2.